The molecule has 2 aliphatic rings. The van der Waals surface area contributed by atoms with Crippen molar-refractivity contribution >= 4 is 80.1 Å². The van der Waals surface area contributed by atoms with Crippen molar-refractivity contribution in [3.8, 4) is 0 Å². The van der Waals surface area contributed by atoms with E-state index in [0.29, 0.717) is 70.2 Å². The molecule has 0 unspecified atom stereocenters. The van der Waals surface area contributed by atoms with E-state index in [-0.39, 0.29) is 122 Å². The Morgan fingerprint density at radius 3 is 0.871 bits per heavy atom. The average Bonchev–Trinajstić information content (AvgIpc) is 1.63. The molecule has 0 radical (unpaired) electrons. The van der Waals surface area contributed by atoms with Crippen molar-refractivity contribution in [2.24, 2.45) is 5.73 Å². The molecule has 16 N–H and O–H groups in total. The van der Waals surface area contributed by atoms with Gasteiger partial charge < -0.3 is 95.7 Å². The van der Waals surface area contributed by atoms with Gasteiger partial charge >= 0.3 is 34.8 Å². The highest BCUT2D eigenvalue weighted by Gasteiger charge is 2.49. The van der Waals surface area contributed by atoms with Gasteiger partial charge in [0.05, 0.1) is 80.1 Å². The van der Waals surface area contributed by atoms with Crippen LogP contribution in [0.5, 0.6) is 0 Å². The van der Waals surface area contributed by atoms with Crippen LogP contribution in [0.1, 0.15) is 107 Å². The molecule has 4 heterocycles. The molecular weight excluding hydrogens is 1830 g/mol. The summed E-state index contributed by atoms with van der Waals surface area (Å²) in [5, 5.41) is 69.6. The smallest absolute Gasteiger partial charge is 0.331 e. The number of carbonyl (C=O) groups is 4. The first kappa shape index (κ1) is 103. The van der Waals surface area contributed by atoms with Crippen molar-refractivity contribution in [1.29, 1.82) is 0 Å². The summed E-state index contributed by atoms with van der Waals surface area (Å²) in [7, 11) is -10.9. The topological polar surface area (TPSA) is 450 Å². The molecule has 0 saturated carbocycles. The Morgan fingerprint density at radius 2 is 0.593 bits per heavy atom. The first-order chi connectivity index (χ1) is 67.8. The van der Waals surface area contributed by atoms with Gasteiger partial charge in [0, 0.05) is 61.2 Å². The van der Waals surface area contributed by atoms with Crippen molar-refractivity contribution < 1.29 is 81.2 Å². The number of nitrogens with one attached hydrogen (secondary N) is 4. The maximum Gasteiger partial charge on any atom is 0.331 e. The van der Waals surface area contributed by atoms with Gasteiger partial charge in [-0.3, -0.25) is 33.5 Å². The number of benzene rings is 12. The third-order valence-electron chi connectivity index (χ3n) is 24.6. The summed E-state index contributed by atoms with van der Waals surface area (Å²) in [4.78, 5) is 81.8. The Kier molecular flexibility index (Phi) is 36.8. The Morgan fingerprint density at radius 1 is 0.336 bits per heavy atom. The van der Waals surface area contributed by atoms with E-state index in [1.165, 1.54) is 0 Å². The van der Waals surface area contributed by atoms with Crippen molar-refractivity contribution in [3.05, 3.63) is 405 Å². The summed E-state index contributed by atoms with van der Waals surface area (Å²) >= 11 is 0. The minimum Gasteiger partial charge on any atom is -0.388 e. The molecule has 12 aromatic carbocycles. The molecule has 8 atom stereocenters. The molecule has 140 heavy (non-hydrogen) atoms. The van der Waals surface area contributed by atoms with E-state index < -0.39 is 83.3 Å². The number of urea groups is 2. The van der Waals surface area contributed by atoms with E-state index in [2.05, 4.69) is 31.0 Å². The highest BCUT2D eigenvalue weighted by Crippen LogP contribution is 2.52. The van der Waals surface area contributed by atoms with E-state index in [9.17, 15) is 43.7 Å². The minimum absolute atomic E-state index is 0.0156. The third-order valence-corrected chi connectivity index (χ3v) is 29.4. The standard InChI is InChI=1S/C52H55N6O7P.C38H43N6O7P.C17H22NO3P/c53-50-44-30-42(25-26-45(44)55-56-50)34-58-47(32-38-17-7-2-8-18-38)49(60)48(59)46(31-37-15-5-1-6-16-37)57(52(58)62)33-41-23-13-24-43(29-41)51(61)54-27-14-28-66(63,64-35-39-19-9-3-10-20-39)65-36-40-21-11-4-12-22-40;39-36-30-20-28(15-16-31(30)41-42-36)24-44-33(22-26-11-5-2-6-12-26)35(46)34(45)32(21-25-9-3-1-4-10-25)43(38(44)48)23-27-13-7-14-29(19-27)37(47)40-17-8-18-52(49,50)51;18-12-7-13-22(19,20-14-16-8-3-1-4-9-16)21-15-17-10-5-2-6-11-17/h1-13,15-26,29-30,46-49,59-60H,14,27-28,31-36H2,(H,54,61)(H3,53,55,56);1-7,9-16,19-20,32-35,45-46H,8,17-18,21-24H2,(H,40,47)(H3,39,41,42)(H2,49,50,51);1-6,8-11H,7,12-15,18H2/t46-,47-,48+,49+;32-,33-,34+,35+;/m11./s1. The van der Waals surface area contributed by atoms with Gasteiger partial charge in [-0.25, -0.2) is 9.59 Å². The fourth-order valence-electron chi connectivity index (χ4n) is 17.2. The molecule has 2 aliphatic heterocycles. The molecule has 33 heteroatoms. The maximum atomic E-state index is 15.3. The highest BCUT2D eigenvalue weighted by atomic mass is 31.2. The first-order valence-electron chi connectivity index (χ1n) is 46.7. The normalized spacial score (nSPS) is 17.4. The predicted octanol–water partition coefficient (Wildman–Crippen LogP) is 16.1. The van der Waals surface area contributed by atoms with E-state index in [0.717, 1.165) is 66.7 Å². The quantitative estimate of drug-likeness (QED) is 0.0125. The fourth-order valence-corrected chi connectivity index (χ4v) is 20.9. The van der Waals surface area contributed by atoms with E-state index in [1.807, 2.05) is 285 Å². The summed E-state index contributed by atoms with van der Waals surface area (Å²) in [6, 6.07) is 97.3. The lowest BCUT2D eigenvalue weighted by molar-refractivity contribution is -0.0408. The van der Waals surface area contributed by atoms with Crippen molar-refractivity contribution in [1.82, 2.24) is 50.6 Å². The summed E-state index contributed by atoms with van der Waals surface area (Å²) in [6.45, 7) is 1.80. The van der Waals surface area contributed by atoms with Gasteiger partial charge in [0.1, 0.15) is 24.4 Å². The van der Waals surface area contributed by atoms with E-state index >= 15 is 9.59 Å². The summed E-state index contributed by atoms with van der Waals surface area (Å²) in [5.41, 5.74) is 30.0. The monoisotopic (exact) mass is 1950 g/mol. The number of carbonyl (C=O) groups excluding carboxylic acids is 4. The second-order valence-corrected chi connectivity index (χ2v) is 41.0. The number of aromatic amines is 2. The van der Waals surface area contributed by atoms with Crippen LogP contribution < -0.4 is 27.8 Å². The SMILES string of the molecule is NCCCP(=O)(OCc1ccccc1)OCc1ccccc1.Nc1n[nH]c2ccc(CN3C(=O)N(Cc4cccc(C(=O)NCCCP(=O)(O)O)c4)[C@H](Cc4ccccc4)[C@H](O)[C@@H](O)[C@H]3Cc3ccccc3)cc12.Nc1n[nH]c2ccc(CN3C(=O)N(Cc4cccc(C(=O)NCCCP(=O)(OCc5ccccc5)OCc5ccccc5)c4)[C@H](Cc4ccccc4)[C@H](O)[C@@H](O)[C@H]3Cc3ccccc3)cc12. The lowest BCUT2D eigenvalue weighted by Crippen LogP contribution is -2.50. The number of hydrogen-bond acceptors (Lipinski definition) is 20. The van der Waals surface area contributed by atoms with E-state index in [1.54, 1.807) is 62.1 Å². The number of anilines is 2. The number of fused-ring (bicyclic) bond motifs is 2. The summed E-state index contributed by atoms with van der Waals surface area (Å²) < 4.78 is 61.1. The van der Waals surface area contributed by atoms with Gasteiger partial charge in [0.25, 0.3) is 11.8 Å². The van der Waals surface area contributed by atoms with Crippen molar-refractivity contribution in [2.75, 3.05) is 49.6 Å². The number of hydrogen-bond donors (Lipinski definition) is 13. The van der Waals surface area contributed by atoms with Gasteiger partial charge in [-0.2, -0.15) is 10.2 Å². The molecular formula is C107H120N13O17P3. The highest BCUT2D eigenvalue weighted by molar-refractivity contribution is 7.54. The zero-order chi connectivity index (χ0) is 98.4. The second-order valence-electron chi connectivity index (χ2n) is 34.9. The Labute approximate surface area is 814 Å². The Balaban J connectivity index is 0.000000187. The molecule has 2 saturated heterocycles. The van der Waals surface area contributed by atoms with Crippen LogP contribution in [0.25, 0.3) is 21.8 Å². The number of nitrogens with zero attached hydrogens (tertiary/aromatic N) is 6. The summed E-state index contributed by atoms with van der Waals surface area (Å²) in [6.07, 6.45) is -3.09. The molecule has 16 rings (SSSR count). The van der Waals surface area contributed by atoms with Crippen molar-refractivity contribution in [3.63, 3.8) is 0 Å². The number of H-pyrrole nitrogens is 2. The van der Waals surface area contributed by atoms with Crippen LogP contribution in [0.4, 0.5) is 21.2 Å². The zero-order valence-corrected chi connectivity index (χ0v) is 80.3. The first-order valence-corrected chi connectivity index (χ1v) is 51.9. The molecule has 2 fully saturated rings. The number of nitrogens with two attached hydrogens (primary N) is 3. The van der Waals surface area contributed by atoms with Crippen LogP contribution in [0.2, 0.25) is 0 Å². The molecule has 2 aromatic heterocycles. The second kappa shape index (κ2) is 50.2. The molecule has 730 valence electrons. The molecule has 0 spiro atoms. The van der Waals surface area contributed by atoms with Crippen molar-refractivity contribution in [2.45, 2.75) is 146 Å². The summed E-state index contributed by atoms with van der Waals surface area (Å²) in [5.74, 6) is -0.117. The van der Waals surface area contributed by atoms with Gasteiger partial charge in [0.2, 0.25) is 0 Å². The Bertz CT molecular complexity index is 6380. The number of nitrogen functional groups attached to an aromatic ring is 2. The zero-order valence-electron chi connectivity index (χ0n) is 77.6. The molecule has 0 aliphatic carbocycles. The van der Waals surface area contributed by atoms with Gasteiger partial charge in [0.15, 0.2) is 11.6 Å². The van der Waals surface area contributed by atoms with Crippen LogP contribution >= 0.6 is 22.8 Å². The Hall–Kier alpha value is -13.1. The van der Waals surface area contributed by atoms with Crippen LogP contribution in [0, 0.1) is 0 Å². The van der Waals surface area contributed by atoms with Crippen LogP contribution in [0.15, 0.2) is 328 Å². The number of aliphatic hydroxyl groups excluding tert-OH is 4. The molecule has 14 aromatic rings. The molecule has 0 bridgehead atoms. The van der Waals surface area contributed by atoms with Crippen LogP contribution in [0.3, 0.4) is 0 Å². The fraction of sp³-hybridized carbons (Fsp3) is 0.271. The maximum absolute atomic E-state index is 15.3. The predicted molar refractivity (Wildman–Crippen MR) is 541 cm³/mol. The van der Waals surface area contributed by atoms with Crippen LogP contribution in [-0.4, -0.2) is 181 Å². The van der Waals surface area contributed by atoms with Gasteiger partial charge in [-0.15, -0.1) is 0 Å². The third kappa shape index (κ3) is 29.3. The largest absolute Gasteiger partial charge is 0.388 e. The number of amides is 6. The molecule has 30 nitrogen and oxygen atoms in total. The number of rotatable bonds is 41. The average molecular weight is 1950 g/mol. The molecule has 6 amide bonds. The lowest BCUT2D eigenvalue weighted by atomic mass is 9.91. The van der Waals surface area contributed by atoms with Crippen LogP contribution in [-0.2, 0) is 110 Å². The van der Waals surface area contributed by atoms with Gasteiger partial charge in [-0.05, 0) is 167 Å². The minimum atomic E-state index is -4.18. The van der Waals surface area contributed by atoms with E-state index in [4.69, 9.17) is 45.1 Å². The van der Waals surface area contributed by atoms with Gasteiger partial charge in [-0.1, -0.05) is 279 Å². The number of aromatic nitrogens is 4. The lowest BCUT2D eigenvalue weighted by Gasteiger charge is -2.36. The number of aliphatic hydroxyl groups is 4.